The van der Waals surface area contributed by atoms with E-state index in [9.17, 15) is 12.8 Å². The maximum absolute atomic E-state index is 13.7. The van der Waals surface area contributed by atoms with Crippen molar-refractivity contribution < 1.29 is 12.8 Å². The summed E-state index contributed by atoms with van der Waals surface area (Å²) in [4.78, 5) is -0.239. The van der Waals surface area contributed by atoms with Crippen molar-refractivity contribution in [1.29, 1.82) is 0 Å². The minimum Gasteiger partial charge on any atom is -0.381 e. The van der Waals surface area contributed by atoms with Gasteiger partial charge in [-0.05, 0) is 37.5 Å². The van der Waals surface area contributed by atoms with Gasteiger partial charge in [-0.1, -0.05) is 0 Å². The lowest BCUT2D eigenvalue weighted by Gasteiger charge is -2.38. The number of hydrogen-bond donors (Lipinski definition) is 3. The zero-order valence-electron chi connectivity index (χ0n) is 9.82. The summed E-state index contributed by atoms with van der Waals surface area (Å²) < 4.78 is 35.7. The van der Waals surface area contributed by atoms with E-state index in [4.69, 9.17) is 10.9 Å². The first-order valence-corrected chi connectivity index (χ1v) is 7.20. The highest BCUT2D eigenvalue weighted by molar-refractivity contribution is 7.89. The predicted octanol–water partition coefficient (Wildman–Crippen LogP) is 0.766. The molecule has 7 heteroatoms. The molecule has 0 unspecified atom stereocenters. The van der Waals surface area contributed by atoms with Crippen molar-refractivity contribution in [1.82, 2.24) is 0 Å². The maximum atomic E-state index is 13.7. The van der Waals surface area contributed by atoms with Crippen LogP contribution in [0.1, 0.15) is 19.3 Å². The van der Waals surface area contributed by atoms with Crippen LogP contribution in [0.3, 0.4) is 0 Å². The summed E-state index contributed by atoms with van der Waals surface area (Å²) in [6.07, 6.45) is 2.92. The molecule has 0 heterocycles. The van der Waals surface area contributed by atoms with Crippen molar-refractivity contribution in [2.24, 2.45) is 10.9 Å². The smallest absolute Gasteiger partial charge is 0.238 e. The maximum Gasteiger partial charge on any atom is 0.238 e. The Labute approximate surface area is 105 Å². The number of halogens is 1. The van der Waals surface area contributed by atoms with Crippen LogP contribution < -0.4 is 16.2 Å². The van der Waals surface area contributed by atoms with E-state index < -0.39 is 15.8 Å². The van der Waals surface area contributed by atoms with E-state index in [0.717, 1.165) is 25.3 Å². The summed E-state index contributed by atoms with van der Waals surface area (Å²) in [7, 11) is -3.87. The molecule has 0 atom stereocenters. The van der Waals surface area contributed by atoms with Crippen LogP contribution in [-0.4, -0.2) is 20.5 Å². The highest BCUT2D eigenvalue weighted by Crippen LogP contribution is 2.29. The molecule has 1 aliphatic rings. The topological polar surface area (TPSA) is 98.2 Å². The van der Waals surface area contributed by atoms with Crippen molar-refractivity contribution >= 4 is 15.7 Å². The lowest BCUT2D eigenvalue weighted by Crippen LogP contribution is -2.52. The van der Waals surface area contributed by atoms with Crippen LogP contribution in [0.15, 0.2) is 23.1 Å². The lowest BCUT2D eigenvalue weighted by molar-refractivity contribution is 0.265. The molecule has 0 amide bonds. The Kier molecular flexibility index (Phi) is 3.31. The number of sulfonamides is 1. The van der Waals surface area contributed by atoms with Gasteiger partial charge in [0.1, 0.15) is 5.82 Å². The van der Waals surface area contributed by atoms with Crippen molar-refractivity contribution in [3.05, 3.63) is 24.0 Å². The molecule has 1 aromatic rings. The van der Waals surface area contributed by atoms with Gasteiger partial charge in [-0.25, -0.2) is 17.9 Å². The molecular weight excluding hydrogens is 257 g/mol. The molecule has 1 saturated carbocycles. The van der Waals surface area contributed by atoms with E-state index in [1.54, 1.807) is 0 Å². The molecule has 2 rings (SSSR count). The number of primary sulfonamides is 1. The third kappa shape index (κ3) is 2.80. The van der Waals surface area contributed by atoms with Gasteiger partial charge in [0.25, 0.3) is 0 Å². The van der Waals surface area contributed by atoms with Crippen LogP contribution in [0, 0.1) is 5.82 Å². The third-order valence-corrected chi connectivity index (χ3v) is 4.16. The van der Waals surface area contributed by atoms with E-state index in [2.05, 4.69) is 5.32 Å². The number of rotatable bonds is 4. The standard InChI is InChI=1S/C11H16FN3O2S/c12-9-6-8(18(14,16)17)2-3-10(9)15-7-11(13)4-1-5-11/h2-3,6,15H,1,4-5,7,13H2,(H2,14,16,17). The van der Waals surface area contributed by atoms with Crippen LogP contribution in [0.2, 0.25) is 0 Å². The largest absolute Gasteiger partial charge is 0.381 e. The quantitative estimate of drug-likeness (QED) is 0.754. The van der Waals surface area contributed by atoms with Gasteiger partial charge in [0, 0.05) is 12.1 Å². The van der Waals surface area contributed by atoms with Crippen LogP contribution in [0.25, 0.3) is 0 Å². The highest BCUT2D eigenvalue weighted by atomic mass is 32.2. The Morgan fingerprint density at radius 1 is 1.39 bits per heavy atom. The molecule has 0 aromatic heterocycles. The molecule has 0 spiro atoms. The van der Waals surface area contributed by atoms with Gasteiger partial charge in [0.05, 0.1) is 10.6 Å². The van der Waals surface area contributed by atoms with Crippen LogP contribution in [0.5, 0.6) is 0 Å². The molecule has 1 fully saturated rings. The first-order chi connectivity index (χ1) is 8.30. The molecule has 0 aliphatic heterocycles. The molecule has 100 valence electrons. The summed E-state index contributed by atoms with van der Waals surface area (Å²) >= 11 is 0. The van der Waals surface area contributed by atoms with Crippen molar-refractivity contribution in [3.63, 3.8) is 0 Å². The van der Waals surface area contributed by atoms with Gasteiger partial charge in [-0.2, -0.15) is 0 Å². The highest BCUT2D eigenvalue weighted by Gasteiger charge is 2.32. The van der Waals surface area contributed by atoms with Crippen molar-refractivity contribution in [2.45, 2.75) is 29.7 Å². The Morgan fingerprint density at radius 3 is 2.50 bits per heavy atom. The number of benzene rings is 1. The average molecular weight is 273 g/mol. The Balaban J connectivity index is 2.10. The summed E-state index contributed by atoms with van der Waals surface area (Å²) in [5.41, 5.74) is 5.96. The number of nitrogens with one attached hydrogen (secondary N) is 1. The van der Waals surface area contributed by atoms with Crippen LogP contribution >= 0.6 is 0 Å². The van der Waals surface area contributed by atoms with Gasteiger partial charge in [-0.3, -0.25) is 0 Å². The first kappa shape index (κ1) is 13.3. The van der Waals surface area contributed by atoms with Crippen molar-refractivity contribution in [3.8, 4) is 0 Å². The second kappa shape index (κ2) is 4.49. The van der Waals surface area contributed by atoms with E-state index >= 15 is 0 Å². The van der Waals surface area contributed by atoms with E-state index in [1.807, 2.05) is 0 Å². The third-order valence-electron chi connectivity index (χ3n) is 3.25. The lowest BCUT2D eigenvalue weighted by atomic mass is 9.78. The molecule has 18 heavy (non-hydrogen) atoms. The van der Waals surface area contributed by atoms with Crippen LogP contribution in [-0.2, 0) is 10.0 Å². The predicted molar refractivity (Wildman–Crippen MR) is 67.0 cm³/mol. The summed E-state index contributed by atoms with van der Waals surface area (Å²) in [6, 6.07) is 3.53. The first-order valence-electron chi connectivity index (χ1n) is 5.65. The molecule has 1 aromatic carbocycles. The van der Waals surface area contributed by atoms with Gasteiger partial charge in [0.2, 0.25) is 10.0 Å². The van der Waals surface area contributed by atoms with E-state index in [-0.39, 0.29) is 16.1 Å². The summed E-state index contributed by atoms with van der Waals surface area (Å²) in [6.45, 7) is 0.471. The molecule has 1 aliphatic carbocycles. The Morgan fingerprint density at radius 2 is 2.06 bits per heavy atom. The number of nitrogens with two attached hydrogens (primary N) is 2. The fourth-order valence-electron chi connectivity index (χ4n) is 1.90. The minimum absolute atomic E-state index is 0.235. The van der Waals surface area contributed by atoms with Crippen molar-refractivity contribution in [2.75, 3.05) is 11.9 Å². The second-order valence-electron chi connectivity index (χ2n) is 4.76. The molecule has 5 N–H and O–H groups in total. The number of hydrogen-bond acceptors (Lipinski definition) is 4. The van der Waals surface area contributed by atoms with E-state index in [1.165, 1.54) is 12.1 Å². The molecule has 5 nitrogen and oxygen atoms in total. The number of anilines is 1. The van der Waals surface area contributed by atoms with Crippen LogP contribution in [0.4, 0.5) is 10.1 Å². The monoisotopic (exact) mass is 273 g/mol. The molecule has 0 radical (unpaired) electrons. The van der Waals surface area contributed by atoms with Gasteiger partial charge >= 0.3 is 0 Å². The SMILES string of the molecule is NC1(CNc2ccc(S(N)(=O)=O)cc2F)CCC1. The molecule has 0 saturated heterocycles. The fourth-order valence-corrected chi connectivity index (χ4v) is 2.42. The van der Waals surface area contributed by atoms with Gasteiger partial charge < -0.3 is 11.1 Å². The summed E-state index contributed by atoms with van der Waals surface area (Å²) in [5, 5.41) is 7.81. The Bertz CT molecular complexity index is 555. The molecular formula is C11H16FN3O2S. The zero-order valence-corrected chi connectivity index (χ0v) is 10.6. The van der Waals surface area contributed by atoms with Gasteiger partial charge in [0.15, 0.2) is 0 Å². The second-order valence-corrected chi connectivity index (χ2v) is 6.32. The normalized spacial score (nSPS) is 18.2. The fraction of sp³-hybridized carbons (Fsp3) is 0.455. The zero-order chi connectivity index (χ0) is 13.4. The average Bonchev–Trinajstić information content (AvgIpc) is 2.23. The summed E-state index contributed by atoms with van der Waals surface area (Å²) in [5.74, 6) is -0.649. The van der Waals surface area contributed by atoms with E-state index in [0.29, 0.717) is 6.54 Å². The molecule has 0 bridgehead atoms. The Hall–Kier alpha value is -1.18. The van der Waals surface area contributed by atoms with Gasteiger partial charge in [-0.15, -0.1) is 0 Å². The minimum atomic E-state index is -3.87.